The van der Waals surface area contributed by atoms with Gasteiger partial charge in [0, 0.05) is 26.5 Å². The molecule has 2 saturated heterocycles. The quantitative estimate of drug-likeness (QED) is 0.703. The number of methoxy groups -OCH3 is 1. The van der Waals surface area contributed by atoms with Crippen molar-refractivity contribution < 1.29 is 38.0 Å². The molecule has 0 radical (unpaired) electrons. The van der Waals surface area contributed by atoms with E-state index in [2.05, 4.69) is 0 Å². The number of hydrogen-bond donors (Lipinski definition) is 0. The summed E-state index contributed by atoms with van der Waals surface area (Å²) in [7, 11) is 1.43. The Kier molecular flexibility index (Phi) is 6.01. The van der Waals surface area contributed by atoms with Gasteiger partial charge in [0.15, 0.2) is 24.8 Å². The first-order valence-corrected chi connectivity index (χ1v) is 9.74. The van der Waals surface area contributed by atoms with Gasteiger partial charge in [-0.15, -0.1) is 0 Å². The summed E-state index contributed by atoms with van der Waals surface area (Å²) in [6.07, 6.45) is -4.72. The molecule has 30 heavy (non-hydrogen) atoms. The van der Waals surface area contributed by atoms with Gasteiger partial charge < -0.3 is 28.4 Å². The number of fused-ring (bicyclic) bond motifs is 2. The fourth-order valence-electron chi connectivity index (χ4n) is 3.90. The predicted molar refractivity (Wildman–Crippen MR) is 104 cm³/mol. The zero-order valence-electron chi connectivity index (χ0n) is 17.0. The van der Waals surface area contributed by atoms with Crippen LogP contribution in [0.2, 0.25) is 0 Å². The van der Waals surface area contributed by atoms with E-state index in [-0.39, 0.29) is 6.61 Å². The van der Waals surface area contributed by atoms with E-state index in [9.17, 15) is 9.59 Å². The highest BCUT2D eigenvalue weighted by Crippen LogP contribution is 2.37. The summed E-state index contributed by atoms with van der Waals surface area (Å²) in [5.41, 5.74) is 0.826. The Morgan fingerprint density at radius 3 is 2.33 bits per heavy atom. The van der Waals surface area contributed by atoms with Crippen LogP contribution in [-0.2, 0) is 38.0 Å². The SMILES string of the molecule is CO[C@H]1O[C@@H]2COC(c3ccc4ccccc4c3)O[C@@H]2[C@H](OC(C)=O)[C@H]1OC(C)=O. The second-order valence-corrected chi connectivity index (χ2v) is 7.30. The van der Waals surface area contributed by atoms with Crippen LogP contribution in [0.1, 0.15) is 25.7 Å². The molecule has 0 aliphatic carbocycles. The lowest BCUT2D eigenvalue weighted by Crippen LogP contribution is -2.64. The van der Waals surface area contributed by atoms with Gasteiger partial charge in [0.1, 0.15) is 12.2 Å². The van der Waals surface area contributed by atoms with Gasteiger partial charge in [0.05, 0.1) is 6.61 Å². The second-order valence-electron chi connectivity index (χ2n) is 7.30. The predicted octanol–water partition coefficient (Wildman–Crippen LogP) is 2.49. The molecule has 2 fully saturated rings. The van der Waals surface area contributed by atoms with E-state index in [1.165, 1.54) is 21.0 Å². The summed E-state index contributed by atoms with van der Waals surface area (Å²) < 4.78 is 34.1. The van der Waals surface area contributed by atoms with E-state index >= 15 is 0 Å². The van der Waals surface area contributed by atoms with Crippen molar-refractivity contribution in [3.8, 4) is 0 Å². The standard InChI is InChI=1S/C22H24O8/c1-12(23)27-19-18-17(29-22(25-3)20(19)28-13(2)24)11-26-21(30-18)16-9-8-14-6-4-5-7-15(14)10-16/h4-10,17-22H,11H2,1-3H3/t17-,18+,19+,20-,21?,22+/m1/s1. The van der Waals surface area contributed by atoms with E-state index in [1.807, 2.05) is 42.5 Å². The molecule has 160 valence electrons. The zero-order valence-corrected chi connectivity index (χ0v) is 17.0. The van der Waals surface area contributed by atoms with Gasteiger partial charge in [-0.1, -0.05) is 36.4 Å². The molecule has 8 heteroatoms. The first-order valence-electron chi connectivity index (χ1n) is 9.74. The van der Waals surface area contributed by atoms with Crippen LogP contribution >= 0.6 is 0 Å². The molecule has 2 aromatic carbocycles. The summed E-state index contributed by atoms with van der Waals surface area (Å²) in [5.74, 6) is -1.07. The zero-order chi connectivity index (χ0) is 21.3. The maximum Gasteiger partial charge on any atom is 0.303 e. The smallest absolute Gasteiger partial charge is 0.303 e. The third-order valence-electron chi connectivity index (χ3n) is 5.17. The van der Waals surface area contributed by atoms with E-state index in [4.69, 9.17) is 28.4 Å². The number of esters is 2. The lowest BCUT2D eigenvalue weighted by Gasteiger charge is -2.47. The third kappa shape index (κ3) is 4.17. The largest absolute Gasteiger partial charge is 0.455 e. The topological polar surface area (TPSA) is 89.5 Å². The average Bonchev–Trinajstić information content (AvgIpc) is 2.73. The minimum Gasteiger partial charge on any atom is -0.455 e. The van der Waals surface area contributed by atoms with Crippen LogP contribution in [0.3, 0.4) is 0 Å². The highest BCUT2D eigenvalue weighted by atomic mass is 16.8. The van der Waals surface area contributed by atoms with Crippen molar-refractivity contribution in [2.45, 2.75) is 50.8 Å². The Morgan fingerprint density at radius 2 is 1.63 bits per heavy atom. The van der Waals surface area contributed by atoms with Crippen molar-refractivity contribution in [2.75, 3.05) is 13.7 Å². The van der Waals surface area contributed by atoms with Crippen LogP contribution in [0.15, 0.2) is 42.5 Å². The molecule has 2 heterocycles. The molecular weight excluding hydrogens is 392 g/mol. The van der Waals surface area contributed by atoms with Crippen molar-refractivity contribution in [3.05, 3.63) is 48.0 Å². The monoisotopic (exact) mass is 416 g/mol. The van der Waals surface area contributed by atoms with Crippen LogP contribution in [0.4, 0.5) is 0 Å². The van der Waals surface area contributed by atoms with Gasteiger partial charge in [-0.25, -0.2) is 0 Å². The summed E-state index contributed by atoms with van der Waals surface area (Å²) in [4.78, 5) is 23.4. The van der Waals surface area contributed by atoms with Crippen LogP contribution in [0.25, 0.3) is 10.8 Å². The summed E-state index contributed by atoms with van der Waals surface area (Å²) in [6, 6.07) is 13.9. The molecule has 0 spiro atoms. The molecule has 0 aromatic heterocycles. The van der Waals surface area contributed by atoms with E-state index < -0.39 is 48.9 Å². The molecule has 2 aromatic rings. The first kappa shape index (κ1) is 20.7. The normalized spacial score (nSPS) is 31.0. The number of rotatable bonds is 4. The van der Waals surface area contributed by atoms with Crippen molar-refractivity contribution in [3.63, 3.8) is 0 Å². The lowest BCUT2D eigenvalue weighted by molar-refractivity contribution is -0.359. The van der Waals surface area contributed by atoms with Gasteiger partial charge in [-0.05, 0) is 16.8 Å². The van der Waals surface area contributed by atoms with Crippen molar-refractivity contribution in [1.29, 1.82) is 0 Å². The Hall–Kier alpha value is -2.52. The maximum atomic E-state index is 11.8. The van der Waals surface area contributed by atoms with Crippen molar-refractivity contribution in [2.24, 2.45) is 0 Å². The molecule has 0 amide bonds. The van der Waals surface area contributed by atoms with Gasteiger partial charge in [0.2, 0.25) is 0 Å². The van der Waals surface area contributed by atoms with Crippen LogP contribution in [-0.4, -0.2) is 56.4 Å². The second kappa shape index (κ2) is 8.69. The molecule has 0 N–H and O–H groups in total. The molecule has 8 nitrogen and oxygen atoms in total. The fourth-order valence-corrected chi connectivity index (χ4v) is 3.90. The average molecular weight is 416 g/mol. The summed E-state index contributed by atoms with van der Waals surface area (Å²) in [5, 5.41) is 2.16. The number of carbonyl (C=O) groups is 2. The van der Waals surface area contributed by atoms with Gasteiger partial charge in [-0.2, -0.15) is 0 Å². The van der Waals surface area contributed by atoms with Gasteiger partial charge in [-0.3, -0.25) is 9.59 Å². The minimum atomic E-state index is -0.965. The molecule has 1 unspecified atom stereocenters. The molecule has 2 aliphatic rings. The molecule has 6 atom stereocenters. The minimum absolute atomic E-state index is 0.201. The van der Waals surface area contributed by atoms with Crippen LogP contribution in [0, 0.1) is 0 Å². The molecule has 0 bridgehead atoms. The number of carbonyl (C=O) groups excluding carboxylic acids is 2. The number of benzene rings is 2. The maximum absolute atomic E-state index is 11.8. The molecule has 4 rings (SSSR count). The van der Waals surface area contributed by atoms with Crippen molar-refractivity contribution in [1.82, 2.24) is 0 Å². The first-order chi connectivity index (χ1) is 14.5. The highest BCUT2D eigenvalue weighted by Gasteiger charge is 2.53. The van der Waals surface area contributed by atoms with Crippen molar-refractivity contribution >= 4 is 22.7 Å². The van der Waals surface area contributed by atoms with Crippen LogP contribution < -0.4 is 0 Å². The molecular formula is C22H24O8. The fraction of sp³-hybridized carbons (Fsp3) is 0.455. The summed E-state index contributed by atoms with van der Waals surface area (Å²) in [6.45, 7) is 2.76. The Morgan fingerprint density at radius 1 is 0.933 bits per heavy atom. The van der Waals surface area contributed by atoms with E-state index in [0.29, 0.717) is 0 Å². The van der Waals surface area contributed by atoms with Gasteiger partial charge >= 0.3 is 11.9 Å². The Labute approximate surface area is 173 Å². The molecule has 0 saturated carbocycles. The third-order valence-corrected chi connectivity index (χ3v) is 5.17. The van der Waals surface area contributed by atoms with Gasteiger partial charge in [0.25, 0.3) is 0 Å². The van der Waals surface area contributed by atoms with Crippen LogP contribution in [0.5, 0.6) is 0 Å². The highest BCUT2D eigenvalue weighted by molar-refractivity contribution is 5.83. The Bertz CT molecular complexity index is 928. The van der Waals surface area contributed by atoms with E-state index in [1.54, 1.807) is 0 Å². The van der Waals surface area contributed by atoms with E-state index in [0.717, 1.165) is 16.3 Å². The number of ether oxygens (including phenoxy) is 6. The molecule has 2 aliphatic heterocycles. The number of hydrogen-bond acceptors (Lipinski definition) is 8. The lowest BCUT2D eigenvalue weighted by atomic mass is 9.97. The summed E-state index contributed by atoms with van der Waals surface area (Å²) >= 11 is 0. The Balaban J connectivity index is 1.62.